The fourth-order valence-electron chi connectivity index (χ4n) is 1.34. The Morgan fingerprint density at radius 3 is 3.00 bits per heavy atom. The molecule has 0 aromatic carbocycles. The van der Waals surface area contributed by atoms with Crippen LogP contribution in [0.25, 0.3) is 5.57 Å². The van der Waals surface area contributed by atoms with Crippen LogP contribution in [0.4, 0.5) is 4.79 Å². The van der Waals surface area contributed by atoms with Gasteiger partial charge in [0, 0.05) is 11.4 Å². The van der Waals surface area contributed by atoms with Gasteiger partial charge >= 0.3 is 6.09 Å². The zero-order chi connectivity index (χ0) is 9.26. The highest BCUT2D eigenvalue weighted by atomic mass is 32.1. The fourth-order valence-corrected chi connectivity index (χ4v) is 2.10. The van der Waals surface area contributed by atoms with Crippen molar-refractivity contribution in [3.8, 4) is 0 Å². The number of amides is 1. The van der Waals surface area contributed by atoms with Crippen LogP contribution < -0.4 is 0 Å². The maximum atomic E-state index is 10.6. The maximum Gasteiger partial charge on any atom is 0.407 e. The molecule has 0 unspecified atom stereocenters. The van der Waals surface area contributed by atoms with Gasteiger partial charge in [0.1, 0.15) is 0 Å². The van der Waals surface area contributed by atoms with E-state index in [-0.39, 0.29) is 0 Å². The summed E-state index contributed by atoms with van der Waals surface area (Å²) in [4.78, 5) is 13.2. The van der Waals surface area contributed by atoms with E-state index in [0.29, 0.717) is 13.1 Å². The van der Waals surface area contributed by atoms with Crippen LogP contribution in [-0.4, -0.2) is 29.2 Å². The average molecular weight is 195 g/mol. The second-order valence-corrected chi connectivity index (χ2v) is 3.82. The largest absolute Gasteiger partial charge is 0.465 e. The van der Waals surface area contributed by atoms with Gasteiger partial charge in [-0.2, -0.15) is 0 Å². The Morgan fingerprint density at radius 2 is 2.46 bits per heavy atom. The van der Waals surface area contributed by atoms with Crippen molar-refractivity contribution < 1.29 is 9.90 Å². The monoisotopic (exact) mass is 195 g/mol. The van der Waals surface area contributed by atoms with Gasteiger partial charge in [-0.3, -0.25) is 0 Å². The average Bonchev–Trinajstić information content (AvgIpc) is 2.75. The molecule has 0 bridgehead atoms. The number of rotatable bonds is 1. The standard InChI is InChI=1S/C9H9NO2S/c11-9(12)10-4-3-7(6-10)8-2-1-5-13-8/h1-3,5H,4,6H2,(H,11,12). The van der Waals surface area contributed by atoms with Gasteiger partial charge in [0.25, 0.3) is 0 Å². The summed E-state index contributed by atoms with van der Waals surface area (Å²) in [6.45, 7) is 1.04. The molecule has 1 N–H and O–H groups in total. The maximum absolute atomic E-state index is 10.6. The highest BCUT2D eigenvalue weighted by molar-refractivity contribution is 7.11. The third-order valence-corrected chi connectivity index (χ3v) is 2.97. The zero-order valence-electron chi connectivity index (χ0n) is 6.93. The molecule has 13 heavy (non-hydrogen) atoms. The zero-order valence-corrected chi connectivity index (χ0v) is 7.75. The smallest absolute Gasteiger partial charge is 0.407 e. The second kappa shape index (κ2) is 3.22. The first kappa shape index (κ1) is 8.31. The van der Waals surface area contributed by atoms with E-state index in [2.05, 4.69) is 0 Å². The second-order valence-electron chi connectivity index (χ2n) is 2.87. The van der Waals surface area contributed by atoms with E-state index in [0.717, 1.165) is 5.57 Å². The molecule has 0 atom stereocenters. The number of nitrogens with zero attached hydrogens (tertiary/aromatic N) is 1. The lowest BCUT2D eigenvalue weighted by atomic mass is 10.2. The van der Waals surface area contributed by atoms with Crippen molar-refractivity contribution in [2.75, 3.05) is 13.1 Å². The van der Waals surface area contributed by atoms with Crippen LogP contribution in [0.5, 0.6) is 0 Å². The molecule has 0 radical (unpaired) electrons. The summed E-state index contributed by atoms with van der Waals surface area (Å²) < 4.78 is 0. The van der Waals surface area contributed by atoms with Crippen LogP contribution in [0.3, 0.4) is 0 Å². The molecule has 0 aliphatic carbocycles. The molecule has 2 rings (SSSR count). The third-order valence-electron chi connectivity index (χ3n) is 2.03. The number of hydrogen-bond donors (Lipinski definition) is 1. The Bertz CT molecular complexity index is 343. The number of carbonyl (C=O) groups is 1. The summed E-state index contributed by atoms with van der Waals surface area (Å²) in [5.41, 5.74) is 1.12. The van der Waals surface area contributed by atoms with Gasteiger partial charge in [0.05, 0.1) is 6.54 Å². The van der Waals surface area contributed by atoms with Gasteiger partial charge in [0.2, 0.25) is 0 Å². The lowest BCUT2D eigenvalue weighted by molar-refractivity contribution is 0.158. The normalized spacial score (nSPS) is 16.0. The summed E-state index contributed by atoms with van der Waals surface area (Å²) in [5, 5.41) is 10.7. The van der Waals surface area contributed by atoms with Crippen LogP contribution >= 0.6 is 11.3 Å². The van der Waals surface area contributed by atoms with Crippen molar-refractivity contribution in [3.05, 3.63) is 28.5 Å². The van der Waals surface area contributed by atoms with E-state index in [9.17, 15) is 4.79 Å². The molecular formula is C9H9NO2S. The number of thiophene rings is 1. The van der Waals surface area contributed by atoms with E-state index in [1.165, 1.54) is 9.78 Å². The summed E-state index contributed by atoms with van der Waals surface area (Å²) in [5.74, 6) is 0. The summed E-state index contributed by atoms with van der Waals surface area (Å²) >= 11 is 1.65. The lowest BCUT2D eigenvalue weighted by Crippen LogP contribution is -2.26. The van der Waals surface area contributed by atoms with Crippen LogP contribution in [0.1, 0.15) is 4.88 Å². The molecule has 68 valence electrons. The summed E-state index contributed by atoms with van der Waals surface area (Å²) in [6, 6.07) is 3.99. The molecule has 0 saturated heterocycles. The molecule has 1 aliphatic rings. The first-order chi connectivity index (χ1) is 6.27. The van der Waals surface area contributed by atoms with Crippen molar-refractivity contribution in [3.63, 3.8) is 0 Å². The first-order valence-electron chi connectivity index (χ1n) is 3.98. The molecule has 4 heteroatoms. The molecule has 1 amide bonds. The molecule has 2 heterocycles. The Kier molecular flexibility index (Phi) is 2.06. The van der Waals surface area contributed by atoms with Crippen molar-refractivity contribution in [1.82, 2.24) is 4.90 Å². The quantitative estimate of drug-likeness (QED) is 0.745. The molecule has 1 aromatic rings. The molecule has 3 nitrogen and oxygen atoms in total. The molecular weight excluding hydrogens is 186 g/mol. The molecule has 0 saturated carbocycles. The van der Waals surface area contributed by atoms with Crippen LogP contribution in [0.15, 0.2) is 23.6 Å². The van der Waals surface area contributed by atoms with E-state index in [1.807, 2.05) is 23.6 Å². The molecule has 0 fully saturated rings. The van der Waals surface area contributed by atoms with Gasteiger partial charge in [-0.1, -0.05) is 12.1 Å². The molecule has 1 aliphatic heterocycles. The van der Waals surface area contributed by atoms with Gasteiger partial charge in [-0.25, -0.2) is 4.79 Å². The number of carboxylic acid groups (broad SMARTS) is 1. The van der Waals surface area contributed by atoms with Crippen molar-refractivity contribution in [2.24, 2.45) is 0 Å². The molecule has 1 aromatic heterocycles. The van der Waals surface area contributed by atoms with E-state index >= 15 is 0 Å². The summed E-state index contributed by atoms with van der Waals surface area (Å²) in [6.07, 6.45) is 1.13. The van der Waals surface area contributed by atoms with Gasteiger partial charge in [0.15, 0.2) is 0 Å². The van der Waals surface area contributed by atoms with Gasteiger partial charge in [-0.15, -0.1) is 11.3 Å². The molecule has 0 spiro atoms. The van der Waals surface area contributed by atoms with E-state index in [4.69, 9.17) is 5.11 Å². The van der Waals surface area contributed by atoms with Crippen LogP contribution in [0.2, 0.25) is 0 Å². The van der Waals surface area contributed by atoms with Crippen molar-refractivity contribution in [1.29, 1.82) is 0 Å². The van der Waals surface area contributed by atoms with Gasteiger partial charge in [-0.05, 0) is 17.0 Å². The van der Waals surface area contributed by atoms with E-state index < -0.39 is 6.09 Å². The Morgan fingerprint density at radius 1 is 1.62 bits per heavy atom. The Labute approximate surface area is 79.9 Å². The lowest BCUT2D eigenvalue weighted by Gasteiger charge is -2.10. The fraction of sp³-hybridized carbons (Fsp3) is 0.222. The van der Waals surface area contributed by atoms with E-state index in [1.54, 1.807) is 11.3 Å². The minimum atomic E-state index is -0.845. The topological polar surface area (TPSA) is 40.5 Å². The Hall–Kier alpha value is -1.29. The SMILES string of the molecule is O=C(O)N1CC=C(c2cccs2)C1. The highest BCUT2D eigenvalue weighted by Crippen LogP contribution is 2.24. The van der Waals surface area contributed by atoms with Crippen LogP contribution in [-0.2, 0) is 0 Å². The first-order valence-corrected chi connectivity index (χ1v) is 4.86. The van der Waals surface area contributed by atoms with Crippen molar-refractivity contribution in [2.45, 2.75) is 0 Å². The highest BCUT2D eigenvalue weighted by Gasteiger charge is 2.19. The predicted octanol–water partition coefficient (Wildman–Crippen LogP) is 2.13. The van der Waals surface area contributed by atoms with Gasteiger partial charge < -0.3 is 10.0 Å². The van der Waals surface area contributed by atoms with Crippen LogP contribution in [0, 0.1) is 0 Å². The Balaban J connectivity index is 2.10. The predicted molar refractivity (Wildman–Crippen MR) is 51.9 cm³/mol. The minimum absolute atomic E-state index is 0.516. The number of hydrogen-bond acceptors (Lipinski definition) is 2. The van der Waals surface area contributed by atoms with Crippen molar-refractivity contribution >= 4 is 23.0 Å². The summed E-state index contributed by atoms with van der Waals surface area (Å²) in [7, 11) is 0. The minimum Gasteiger partial charge on any atom is -0.465 e. The third kappa shape index (κ3) is 1.58.